The quantitative estimate of drug-likeness (QED) is 0.787. The number of hydrogen-bond acceptors (Lipinski definition) is 3. The van der Waals surface area contributed by atoms with Gasteiger partial charge in [-0.05, 0) is 57.4 Å². The number of nitrogens with one attached hydrogen (secondary N) is 1. The SMILES string of the molecule is CNC1CCC(C(C)(C)C)CC1CN(CCO)C(C)C. The van der Waals surface area contributed by atoms with Gasteiger partial charge in [0.2, 0.25) is 0 Å². The molecule has 20 heavy (non-hydrogen) atoms. The minimum atomic E-state index is 0.262. The summed E-state index contributed by atoms with van der Waals surface area (Å²) in [7, 11) is 2.10. The van der Waals surface area contributed by atoms with E-state index in [1.54, 1.807) is 0 Å². The van der Waals surface area contributed by atoms with Crippen molar-refractivity contribution in [1.82, 2.24) is 10.2 Å². The molecule has 0 radical (unpaired) electrons. The lowest BCUT2D eigenvalue weighted by molar-refractivity contribution is 0.0722. The highest BCUT2D eigenvalue weighted by Crippen LogP contribution is 2.40. The van der Waals surface area contributed by atoms with E-state index in [4.69, 9.17) is 0 Å². The Morgan fingerprint density at radius 2 is 1.90 bits per heavy atom. The topological polar surface area (TPSA) is 35.5 Å². The number of nitrogens with zero attached hydrogens (tertiary/aromatic N) is 1. The molecule has 0 aliphatic heterocycles. The molecule has 1 fully saturated rings. The number of aliphatic hydroxyl groups excluding tert-OH is 1. The van der Waals surface area contributed by atoms with Crippen LogP contribution in [0.3, 0.4) is 0 Å². The van der Waals surface area contributed by atoms with Crippen molar-refractivity contribution in [3.8, 4) is 0 Å². The van der Waals surface area contributed by atoms with E-state index in [0.29, 0.717) is 23.4 Å². The van der Waals surface area contributed by atoms with E-state index in [-0.39, 0.29) is 6.61 Å². The molecule has 1 aliphatic carbocycles. The van der Waals surface area contributed by atoms with Gasteiger partial charge in [-0.1, -0.05) is 20.8 Å². The fraction of sp³-hybridized carbons (Fsp3) is 1.00. The van der Waals surface area contributed by atoms with Crippen molar-refractivity contribution in [2.24, 2.45) is 17.3 Å². The van der Waals surface area contributed by atoms with Crippen molar-refractivity contribution in [2.45, 2.75) is 66.0 Å². The average Bonchev–Trinajstić information content (AvgIpc) is 2.36. The molecular formula is C17H36N2O. The van der Waals surface area contributed by atoms with Gasteiger partial charge in [-0.3, -0.25) is 4.90 Å². The van der Waals surface area contributed by atoms with Gasteiger partial charge in [-0.25, -0.2) is 0 Å². The van der Waals surface area contributed by atoms with E-state index in [1.807, 2.05) is 0 Å². The summed E-state index contributed by atoms with van der Waals surface area (Å²) < 4.78 is 0. The van der Waals surface area contributed by atoms with Crippen molar-refractivity contribution < 1.29 is 5.11 Å². The Hall–Kier alpha value is -0.120. The molecule has 0 aromatic carbocycles. The highest BCUT2D eigenvalue weighted by molar-refractivity contribution is 4.90. The largest absolute Gasteiger partial charge is 0.395 e. The summed E-state index contributed by atoms with van der Waals surface area (Å²) in [6, 6.07) is 1.14. The smallest absolute Gasteiger partial charge is 0.0558 e. The van der Waals surface area contributed by atoms with Crippen LogP contribution in [0, 0.1) is 17.3 Å². The van der Waals surface area contributed by atoms with Crippen LogP contribution in [0.25, 0.3) is 0 Å². The summed E-state index contributed by atoms with van der Waals surface area (Å²) in [5, 5.41) is 12.8. The Morgan fingerprint density at radius 1 is 1.25 bits per heavy atom. The predicted octanol–water partition coefficient (Wildman–Crippen LogP) is 2.74. The number of hydrogen-bond donors (Lipinski definition) is 2. The third-order valence-corrected chi connectivity index (χ3v) is 5.16. The predicted molar refractivity (Wildman–Crippen MR) is 86.9 cm³/mol. The van der Waals surface area contributed by atoms with Crippen LogP contribution in [0.1, 0.15) is 53.9 Å². The summed E-state index contributed by atoms with van der Waals surface area (Å²) in [6.45, 7) is 13.8. The van der Waals surface area contributed by atoms with Crippen LogP contribution in [-0.4, -0.2) is 48.8 Å². The molecule has 1 saturated carbocycles. The van der Waals surface area contributed by atoms with E-state index < -0.39 is 0 Å². The first kappa shape index (κ1) is 17.9. The van der Waals surface area contributed by atoms with E-state index in [1.165, 1.54) is 19.3 Å². The van der Waals surface area contributed by atoms with Gasteiger partial charge in [-0.15, -0.1) is 0 Å². The molecule has 0 amide bonds. The Labute approximate surface area is 126 Å². The van der Waals surface area contributed by atoms with Gasteiger partial charge >= 0.3 is 0 Å². The molecule has 2 N–H and O–H groups in total. The molecule has 0 bridgehead atoms. The highest BCUT2D eigenvalue weighted by atomic mass is 16.3. The second-order valence-electron chi connectivity index (χ2n) is 7.84. The van der Waals surface area contributed by atoms with Crippen LogP contribution in [0.15, 0.2) is 0 Å². The zero-order valence-corrected chi connectivity index (χ0v) is 14.4. The van der Waals surface area contributed by atoms with Crippen LogP contribution in [0.4, 0.5) is 0 Å². The maximum atomic E-state index is 9.26. The van der Waals surface area contributed by atoms with Crippen LogP contribution in [0.2, 0.25) is 0 Å². The molecule has 1 aliphatic rings. The molecule has 0 spiro atoms. The molecule has 120 valence electrons. The Morgan fingerprint density at radius 3 is 2.35 bits per heavy atom. The second kappa shape index (κ2) is 7.77. The molecule has 3 atom stereocenters. The van der Waals surface area contributed by atoms with Gasteiger partial charge in [0, 0.05) is 25.2 Å². The van der Waals surface area contributed by atoms with Crippen LogP contribution < -0.4 is 5.32 Å². The molecule has 0 aromatic rings. The number of aliphatic hydroxyl groups is 1. The molecule has 0 heterocycles. The van der Waals surface area contributed by atoms with Crippen molar-refractivity contribution in [2.75, 3.05) is 26.7 Å². The van der Waals surface area contributed by atoms with Gasteiger partial charge in [0.15, 0.2) is 0 Å². The lowest BCUT2D eigenvalue weighted by atomic mass is 9.67. The summed E-state index contributed by atoms with van der Waals surface area (Å²) >= 11 is 0. The summed E-state index contributed by atoms with van der Waals surface area (Å²) in [4.78, 5) is 2.43. The molecule has 0 saturated heterocycles. The van der Waals surface area contributed by atoms with Gasteiger partial charge < -0.3 is 10.4 Å². The normalized spacial score (nSPS) is 28.4. The zero-order chi connectivity index (χ0) is 15.3. The third-order valence-electron chi connectivity index (χ3n) is 5.16. The molecule has 3 heteroatoms. The van der Waals surface area contributed by atoms with E-state index in [2.05, 4.69) is 51.9 Å². The van der Waals surface area contributed by atoms with Gasteiger partial charge in [0.05, 0.1) is 6.61 Å². The van der Waals surface area contributed by atoms with Crippen molar-refractivity contribution in [3.63, 3.8) is 0 Å². The molecule has 3 unspecified atom stereocenters. The van der Waals surface area contributed by atoms with Crippen LogP contribution in [0.5, 0.6) is 0 Å². The average molecular weight is 284 g/mol. The first-order valence-corrected chi connectivity index (χ1v) is 8.31. The molecule has 3 nitrogen and oxygen atoms in total. The zero-order valence-electron chi connectivity index (χ0n) is 14.4. The maximum absolute atomic E-state index is 9.26. The molecule has 0 aromatic heterocycles. The monoisotopic (exact) mass is 284 g/mol. The molecule has 1 rings (SSSR count). The van der Waals surface area contributed by atoms with E-state index >= 15 is 0 Å². The standard InChI is InChI=1S/C17H36N2O/c1-13(2)19(9-10-20)12-14-11-15(17(3,4)5)7-8-16(14)18-6/h13-16,18,20H,7-12H2,1-6H3. The first-order chi connectivity index (χ1) is 9.29. The van der Waals surface area contributed by atoms with Crippen LogP contribution >= 0.6 is 0 Å². The van der Waals surface area contributed by atoms with Crippen molar-refractivity contribution >= 4 is 0 Å². The second-order valence-corrected chi connectivity index (χ2v) is 7.84. The van der Waals surface area contributed by atoms with Crippen molar-refractivity contribution in [1.29, 1.82) is 0 Å². The van der Waals surface area contributed by atoms with E-state index in [0.717, 1.165) is 19.0 Å². The highest BCUT2D eigenvalue weighted by Gasteiger charge is 2.36. The Bertz CT molecular complexity index is 273. The minimum Gasteiger partial charge on any atom is -0.395 e. The van der Waals surface area contributed by atoms with Crippen molar-refractivity contribution in [3.05, 3.63) is 0 Å². The summed E-state index contributed by atoms with van der Waals surface area (Å²) in [5.74, 6) is 1.52. The Balaban J connectivity index is 2.70. The first-order valence-electron chi connectivity index (χ1n) is 8.31. The fourth-order valence-corrected chi connectivity index (χ4v) is 3.62. The van der Waals surface area contributed by atoms with E-state index in [9.17, 15) is 5.11 Å². The summed E-state index contributed by atoms with van der Waals surface area (Å²) in [5.41, 5.74) is 0.413. The lowest BCUT2D eigenvalue weighted by Gasteiger charge is -2.44. The van der Waals surface area contributed by atoms with Crippen LogP contribution in [-0.2, 0) is 0 Å². The number of rotatable bonds is 6. The third kappa shape index (κ3) is 5.01. The molecular weight excluding hydrogens is 248 g/mol. The fourth-order valence-electron chi connectivity index (χ4n) is 3.62. The minimum absolute atomic E-state index is 0.262. The van der Waals surface area contributed by atoms with Gasteiger partial charge in [0.1, 0.15) is 0 Å². The Kier molecular flexibility index (Phi) is 6.96. The lowest BCUT2D eigenvalue weighted by Crippen LogP contribution is -2.48. The van der Waals surface area contributed by atoms with Gasteiger partial charge in [-0.2, -0.15) is 0 Å². The van der Waals surface area contributed by atoms with Gasteiger partial charge in [0.25, 0.3) is 0 Å². The maximum Gasteiger partial charge on any atom is 0.0558 e. The summed E-state index contributed by atoms with van der Waals surface area (Å²) in [6.07, 6.45) is 3.94.